The van der Waals surface area contributed by atoms with Crippen molar-refractivity contribution in [2.24, 2.45) is 0 Å². The summed E-state index contributed by atoms with van der Waals surface area (Å²) in [5.41, 5.74) is 2.26. The van der Waals surface area contributed by atoms with Gasteiger partial charge in [0.25, 0.3) is 5.56 Å². The van der Waals surface area contributed by atoms with E-state index in [1.807, 2.05) is 31.2 Å². The molecule has 0 aliphatic rings. The molecule has 0 N–H and O–H groups in total. The van der Waals surface area contributed by atoms with Crippen LogP contribution in [0.2, 0.25) is 0 Å². The number of rotatable bonds is 1. The lowest BCUT2D eigenvalue weighted by molar-refractivity contribution is 0.623. The Bertz CT molecular complexity index is 871. The molecular weight excluding hydrogens is 257 g/mol. The van der Waals surface area contributed by atoms with Crippen molar-refractivity contribution in [1.29, 1.82) is 0 Å². The molecule has 0 saturated carbocycles. The van der Waals surface area contributed by atoms with Crippen LogP contribution in [0.15, 0.2) is 41.3 Å². The van der Waals surface area contributed by atoms with Crippen molar-refractivity contribution in [3.05, 3.63) is 64.0 Å². The van der Waals surface area contributed by atoms with E-state index < -0.39 is 5.82 Å². The molecule has 0 atom stereocenters. The number of pyridine rings is 1. The first-order chi connectivity index (χ1) is 9.58. The zero-order chi connectivity index (χ0) is 14.3. The Kier molecular flexibility index (Phi) is 2.82. The van der Waals surface area contributed by atoms with Gasteiger partial charge in [-0.25, -0.2) is 4.39 Å². The van der Waals surface area contributed by atoms with E-state index >= 15 is 0 Å². The molecule has 5 heteroatoms. The van der Waals surface area contributed by atoms with Crippen molar-refractivity contribution < 1.29 is 4.39 Å². The fourth-order valence-corrected chi connectivity index (χ4v) is 2.21. The van der Waals surface area contributed by atoms with E-state index in [1.165, 1.54) is 10.7 Å². The van der Waals surface area contributed by atoms with E-state index in [2.05, 4.69) is 10.1 Å². The van der Waals surface area contributed by atoms with E-state index in [1.54, 1.807) is 6.92 Å². The van der Waals surface area contributed by atoms with Gasteiger partial charge in [-0.2, -0.15) is 9.78 Å². The fourth-order valence-electron chi connectivity index (χ4n) is 2.21. The Morgan fingerprint density at radius 3 is 2.70 bits per heavy atom. The highest BCUT2D eigenvalue weighted by atomic mass is 19.1. The molecule has 0 aliphatic heterocycles. The van der Waals surface area contributed by atoms with Crippen molar-refractivity contribution in [3.63, 3.8) is 0 Å². The van der Waals surface area contributed by atoms with Gasteiger partial charge in [-0.05, 0) is 31.5 Å². The topological polar surface area (TPSA) is 47.8 Å². The van der Waals surface area contributed by atoms with Gasteiger partial charge in [0.1, 0.15) is 5.82 Å². The first kappa shape index (κ1) is 12.5. The highest BCUT2D eigenvalue weighted by Crippen LogP contribution is 2.15. The molecule has 0 aliphatic carbocycles. The molecule has 3 rings (SSSR count). The van der Waals surface area contributed by atoms with Crippen molar-refractivity contribution >= 4 is 10.9 Å². The molecule has 1 aromatic carbocycles. The third-order valence-corrected chi connectivity index (χ3v) is 3.21. The van der Waals surface area contributed by atoms with Gasteiger partial charge >= 0.3 is 0 Å². The smallest absolute Gasteiger partial charge is 0.267 e. The zero-order valence-electron chi connectivity index (χ0n) is 11.1. The monoisotopic (exact) mass is 269 g/mol. The lowest BCUT2D eigenvalue weighted by Crippen LogP contribution is -2.23. The summed E-state index contributed by atoms with van der Waals surface area (Å²) in [6.07, 6.45) is 1.09. The third kappa shape index (κ3) is 1.87. The number of hydrogen-bond donors (Lipinski definition) is 0. The van der Waals surface area contributed by atoms with Crippen LogP contribution in [0.4, 0.5) is 4.39 Å². The van der Waals surface area contributed by atoms with Gasteiger partial charge in [0, 0.05) is 0 Å². The second-order valence-electron chi connectivity index (χ2n) is 4.64. The molecule has 3 aromatic rings. The Morgan fingerprint density at radius 2 is 1.95 bits per heavy atom. The standard InChI is InChI=1S/C15H12FN3O/c1-9-5-3-4-6-13(9)19-15(20)12-7-11(16)8-17-14(12)10(2)18-19/h3-8H,1-2H3. The highest BCUT2D eigenvalue weighted by Gasteiger charge is 2.12. The van der Waals surface area contributed by atoms with Crippen LogP contribution in [-0.2, 0) is 0 Å². The fraction of sp³-hybridized carbons (Fsp3) is 0.133. The minimum Gasteiger partial charge on any atom is -0.267 e. The zero-order valence-corrected chi connectivity index (χ0v) is 11.1. The van der Waals surface area contributed by atoms with Crippen LogP contribution in [0.25, 0.3) is 16.6 Å². The molecule has 0 spiro atoms. The first-order valence-electron chi connectivity index (χ1n) is 6.19. The predicted molar refractivity (Wildman–Crippen MR) is 74.6 cm³/mol. The number of fused-ring (bicyclic) bond motifs is 1. The summed E-state index contributed by atoms with van der Waals surface area (Å²) in [7, 11) is 0. The largest absolute Gasteiger partial charge is 0.281 e. The maximum atomic E-state index is 13.3. The highest BCUT2D eigenvalue weighted by molar-refractivity contribution is 5.79. The Hall–Kier alpha value is -2.56. The van der Waals surface area contributed by atoms with Gasteiger partial charge in [-0.3, -0.25) is 9.78 Å². The second kappa shape index (κ2) is 4.52. The first-order valence-corrected chi connectivity index (χ1v) is 6.19. The summed E-state index contributed by atoms with van der Waals surface area (Å²) in [5, 5.41) is 4.52. The average molecular weight is 269 g/mol. The maximum Gasteiger partial charge on any atom is 0.281 e. The van der Waals surface area contributed by atoms with E-state index in [4.69, 9.17) is 0 Å². The van der Waals surface area contributed by atoms with Crippen LogP contribution < -0.4 is 5.56 Å². The van der Waals surface area contributed by atoms with Crippen molar-refractivity contribution in [1.82, 2.24) is 14.8 Å². The summed E-state index contributed by atoms with van der Waals surface area (Å²) in [6.45, 7) is 3.65. The third-order valence-electron chi connectivity index (χ3n) is 3.21. The van der Waals surface area contributed by atoms with Crippen molar-refractivity contribution in [3.8, 4) is 5.69 Å². The molecule has 4 nitrogen and oxygen atoms in total. The summed E-state index contributed by atoms with van der Waals surface area (Å²) in [6, 6.07) is 8.63. The van der Waals surface area contributed by atoms with E-state index in [0.29, 0.717) is 16.9 Å². The molecule has 0 saturated heterocycles. The molecule has 100 valence electrons. The number of benzene rings is 1. The van der Waals surface area contributed by atoms with E-state index in [-0.39, 0.29) is 10.9 Å². The van der Waals surface area contributed by atoms with E-state index in [9.17, 15) is 9.18 Å². The van der Waals surface area contributed by atoms with Crippen LogP contribution in [-0.4, -0.2) is 14.8 Å². The number of aromatic nitrogens is 3. The number of para-hydroxylation sites is 1. The van der Waals surface area contributed by atoms with Gasteiger partial charge in [0.2, 0.25) is 0 Å². The minimum atomic E-state index is -0.531. The van der Waals surface area contributed by atoms with Gasteiger partial charge in [-0.1, -0.05) is 18.2 Å². The Balaban J connectivity index is 2.42. The molecule has 2 aromatic heterocycles. The van der Waals surface area contributed by atoms with Gasteiger partial charge in [0.15, 0.2) is 0 Å². The lowest BCUT2D eigenvalue weighted by Gasteiger charge is -2.10. The van der Waals surface area contributed by atoms with Gasteiger partial charge in [0.05, 0.1) is 28.5 Å². The van der Waals surface area contributed by atoms with Crippen LogP contribution >= 0.6 is 0 Å². The molecule has 0 radical (unpaired) electrons. The molecule has 2 heterocycles. The minimum absolute atomic E-state index is 0.237. The van der Waals surface area contributed by atoms with Crippen LogP contribution in [0, 0.1) is 19.7 Å². The molecular formula is C15H12FN3O. The second-order valence-corrected chi connectivity index (χ2v) is 4.64. The van der Waals surface area contributed by atoms with Gasteiger partial charge in [-0.15, -0.1) is 0 Å². The number of nitrogens with zero attached hydrogens (tertiary/aromatic N) is 3. The summed E-state index contributed by atoms with van der Waals surface area (Å²) in [5.74, 6) is -0.531. The molecule has 0 unspecified atom stereocenters. The number of hydrogen-bond acceptors (Lipinski definition) is 3. The number of halogens is 1. The van der Waals surface area contributed by atoms with Crippen LogP contribution in [0.5, 0.6) is 0 Å². The summed E-state index contributed by atoms with van der Waals surface area (Å²) < 4.78 is 14.6. The van der Waals surface area contributed by atoms with Crippen LogP contribution in [0.1, 0.15) is 11.3 Å². The Morgan fingerprint density at radius 1 is 1.20 bits per heavy atom. The van der Waals surface area contributed by atoms with Crippen molar-refractivity contribution in [2.45, 2.75) is 13.8 Å². The summed E-state index contributed by atoms with van der Waals surface area (Å²) >= 11 is 0. The number of aryl methyl sites for hydroxylation is 2. The summed E-state index contributed by atoms with van der Waals surface area (Å²) in [4.78, 5) is 16.4. The molecule has 0 bridgehead atoms. The predicted octanol–water partition coefficient (Wildman–Crippen LogP) is 2.54. The lowest BCUT2D eigenvalue weighted by atomic mass is 10.2. The van der Waals surface area contributed by atoms with Crippen LogP contribution in [0.3, 0.4) is 0 Å². The quantitative estimate of drug-likeness (QED) is 0.682. The normalized spacial score (nSPS) is 10.9. The molecule has 0 fully saturated rings. The Labute approximate surface area is 114 Å². The maximum absolute atomic E-state index is 13.3. The average Bonchev–Trinajstić information content (AvgIpc) is 2.43. The SMILES string of the molecule is Cc1ccccc1-n1nc(C)c2ncc(F)cc2c1=O. The van der Waals surface area contributed by atoms with E-state index in [0.717, 1.165) is 11.8 Å². The van der Waals surface area contributed by atoms with Gasteiger partial charge < -0.3 is 0 Å². The van der Waals surface area contributed by atoms with Crippen molar-refractivity contribution in [2.75, 3.05) is 0 Å². The molecule has 0 amide bonds. The molecule has 20 heavy (non-hydrogen) atoms.